The Bertz CT molecular complexity index is 640. The fourth-order valence-corrected chi connectivity index (χ4v) is 2.51. The molecule has 19 heavy (non-hydrogen) atoms. The summed E-state index contributed by atoms with van der Waals surface area (Å²) < 4.78 is 0.936. The van der Waals surface area contributed by atoms with Crippen LogP contribution >= 0.6 is 15.9 Å². The summed E-state index contributed by atoms with van der Waals surface area (Å²) >= 11 is 3.41. The van der Waals surface area contributed by atoms with Gasteiger partial charge < -0.3 is 16.0 Å². The van der Waals surface area contributed by atoms with Crippen molar-refractivity contribution in [3.8, 4) is 0 Å². The Hall–Kier alpha value is -2.01. The number of anilines is 4. The Labute approximate surface area is 119 Å². The van der Waals surface area contributed by atoms with Crippen molar-refractivity contribution in [3.63, 3.8) is 0 Å². The lowest BCUT2D eigenvalue weighted by molar-refractivity contribution is -0.115. The number of benzene rings is 2. The summed E-state index contributed by atoms with van der Waals surface area (Å²) in [6.07, 6.45) is 0. The molecule has 0 fully saturated rings. The maximum absolute atomic E-state index is 11.8. The van der Waals surface area contributed by atoms with E-state index in [1.807, 2.05) is 47.4 Å². The molecule has 5 heteroatoms. The second-order valence-electron chi connectivity index (χ2n) is 4.39. The summed E-state index contributed by atoms with van der Waals surface area (Å²) in [6.45, 7) is 0.304. The van der Waals surface area contributed by atoms with Gasteiger partial charge in [-0.25, -0.2) is 0 Å². The van der Waals surface area contributed by atoms with Gasteiger partial charge in [-0.3, -0.25) is 4.79 Å². The third-order valence-electron chi connectivity index (χ3n) is 3.03. The Kier molecular flexibility index (Phi) is 2.91. The molecular formula is C14H12BrN3O. The third kappa shape index (κ3) is 2.29. The standard InChI is InChI=1S/C14H12BrN3O/c15-9-1-6-13-12(7-9)17-14(19)8-18(13)11-4-2-10(16)3-5-11/h1-7H,8,16H2,(H,17,19). The van der Waals surface area contributed by atoms with Crippen molar-refractivity contribution < 1.29 is 4.79 Å². The van der Waals surface area contributed by atoms with Crippen LogP contribution in [0.15, 0.2) is 46.9 Å². The monoisotopic (exact) mass is 317 g/mol. The normalized spacial score (nSPS) is 13.9. The van der Waals surface area contributed by atoms with E-state index in [2.05, 4.69) is 21.2 Å². The predicted octanol–water partition coefficient (Wildman–Crippen LogP) is 3.12. The number of hydrogen-bond acceptors (Lipinski definition) is 3. The fraction of sp³-hybridized carbons (Fsp3) is 0.0714. The fourth-order valence-electron chi connectivity index (χ4n) is 2.15. The number of nitrogens with zero attached hydrogens (tertiary/aromatic N) is 1. The smallest absolute Gasteiger partial charge is 0.244 e. The number of hydrogen-bond donors (Lipinski definition) is 2. The van der Waals surface area contributed by atoms with Crippen molar-refractivity contribution in [3.05, 3.63) is 46.9 Å². The first-order chi connectivity index (χ1) is 9.13. The number of nitrogens with one attached hydrogen (secondary N) is 1. The molecule has 0 spiro atoms. The van der Waals surface area contributed by atoms with Crippen molar-refractivity contribution in [2.75, 3.05) is 22.5 Å². The van der Waals surface area contributed by atoms with Gasteiger partial charge in [0.15, 0.2) is 0 Å². The number of nitrogen functional groups attached to an aromatic ring is 1. The van der Waals surface area contributed by atoms with E-state index in [4.69, 9.17) is 5.73 Å². The first-order valence-corrected chi connectivity index (χ1v) is 6.65. The van der Waals surface area contributed by atoms with Crippen LogP contribution in [-0.2, 0) is 4.79 Å². The van der Waals surface area contributed by atoms with Gasteiger partial charge in [0.2, 0.25) is 5.91 Å². The minimum Gasteiger partial charge on any atom is -0.399 e. The number of carbonyl (C=O) groups is 1. The first-order valence-electron chi connectivity index (χ1n) is 5.86. The molecule has 0 aliphatic carbocycles. The van der Waals surface area contributed by atoms with Gasteiger partial charge in [0.05, 0.1) is 11.4 Å². The molecule has 0 radical (unpaired) electrons. The molecule has 0 aromatic heterocycles. The topological polar surface area (TPSA) is 58.4 Å². The van der Waals surface area contributed by atoms with Crippen molar-refractivity contribution >= 4 is 44.6 Å². The van der Waals surface area contributed by atoms with Gasteiger partial charge in [0.25, 0.3) is 0 Å². The minimum absolute atomic E-state index is 0.0255. The van der Waals surface area contributed by atoms with E-state index in [-0.39, 0.29) is 5.91 Å². The molecule has 1 amide bonds. The predicted molar refractivity (Wildman–Crippen MR) is 80.6 cm³/mol. The number of rotatable bonds is 1. The van der Waals surface area contributed by atoms with Gasteiger partial charge in [-0.2, -0.15) is 0 Å². The van der Waals surface area contributed by atoms with E-state index in [1.165, 1.54) is 0 Å². The van der Waals surface area contributed by atoms with Crippen LogP contribution in [0.5, 0.6) is 0 Å². The highest BCUT2D eigenvalue weighted by Crippen LogP contribution is 2.36. The number of fused-ring (bicyclic) bond motifs is 1. The first kappa shape index (κ1) is 12.0. The SMILES string of the molecule is Nc1ccc(N2CC(=O)Nc3cc(Br)ccc32)cc1. The zero-order valence-electron chi connectivity index (χ0n) is 10.1. The molecule has 2 aromatic carbocycles. The van der Waals surface area contributed by atoms with E-state index < -0.39 is 0 Å². The Balaban J connectivity index is 2.08. The number of carbonyl (C=O) groups excluding carboxylic acids is 1. The van der Waals surface area contributed by atoms with E-state index in [1.54, 1.807) is 0 Å². The maximum atomic E-state index is 11.8. The zero-order valence-corrected chi connectivity index (χ0v) is 11.6. The highest BCUT2D eigenvalue weighted by atomic mass is 79.9. The average Bonchev–Trinajstić information content (AvgIpc) is 2.38. The second-order valence-corrected chi connectivity index (χ2v) is 5.30. The molecule has 1 aliphatic rings. The van der Waals surface area contributed by atoms with Gasteiger partial charge >= 0.3 is 0 Å². The van der Waals surface area contributed by atoms with Crippen molar-refractivity contribution in [2.24, 2.45) is 0 Å². The second kappa shape index (κ2) is 4.59. The Morgan fingerprint density at radius 3 is 2.63 bits per heavy atom. The Morgan fingerprint density at radius 2 is 1.89 bits per heavy atom. The minimum atomic E-state index is -0.0255. The van der Waals surface area contributed by atoms with Crippen LogP contribution in [-0.4, -0.2) is 12.5 Å². The van der Waals surface area contributed by atoms with Gasteiger partial charge in [0.1, 0.15) is 6.54 Å². The number of nitrogens with two attached hydrogens (primary N) is 1. The van der Waals surface area contributed by atoms with Crippen LogP contribution in [0.3, 0.4) is 0 Å². The quantitative estimate of drug-likeness (QED) is 0.794. The van der Waals surface area contributed by atoms with Crippen LogP contribution < -0.4 is 16.0 Å². The largest absolute Gasteiger partial charge is 0.399 e. The van der Waals surface area contributed by atoms with Crippen molar-refractivity contribution in [1.82, 2.24) is 0 Å². The van der Waals surface area contributed by atoms with Gasteiger partial charge in [0, 0.05) is 15.8 Å². The summed E-state index contributed by atoms with van der Waals surface area (Å²) in [7, 11) is 0. The van der Waals surface area contributed by atoms with Gasteiger partial charge in [-0.1, -0.05) is 15.9 Å². The van der Waals surface area contributed by atoms with E-state index in [0.717, 1.165) is 21.5 Å². The molecule has 3 N–H and O–H groups in total. The lowest BCUT2D eigenvalue weighted by atomic mass is 10.1. The molecule has 4 nitrogen and oxygen atoms in total. The Morgan fingerprint density at radius 1 is 1.16 bits per heavy atom. The van der Waals surface area contributed by atoms with E-state index >= 15 is 0 Å². The van der Waals surface area contributed by atoms with Gasteiger partial charge in [-0.15, -0.1) is 0 Å². The molecule has 0 bridgehead atoms. The lowest BCUT2D eigenvalue weighted by Gasteiger charge is -2.31. The summed E-state index contributed by atoms with van der Waals surface area (Å²) in [5.74, 6) is -0.0255. The highest BCUT2D eigenvalue weighted by Gasteiger charge is 2.23. The third-order valence-corrected chi connectivity index (χ3v) is 3.52. The number of halogens is 1. The van der Waals surface area contributed by atoms with Crippen LogP contribution in [0.4, 0.5) is 22.7 Å². The molecule has 0 unspecified atom stereocenters. The summed E-state index contributed by atoms with van der Waals surface area (Å²) in [5, 5.41) is 2.88. The molecule has 0 saturated heterocycles. The van der Waals surface area contributed by atoms with Crippen LogP contribution in [0, 0.1) is 0 Å². The molecular weight excluding hydrogens is 306 g/mol. The van der Waals surface area contributed by atoms with E-state index in [9.17, 15) is 4.79 Å². The highest BCUT2D eigenvalue weighted by molar-refractivity contribution is 9.10. The summed E-state index contributed by atoms with van der Waals surface area (Å²) in [6, 6.07) is 13.3. The summed E-state index contributed by atoms with van der Waals surface area (Å²) in [5.41, 5.74) is 9.14. The van der Waals surface area contributed by atoms with Gasteiger partial charge in [-0.05, 0) is 42.5 Å². The van der Waals surface area contributed by atoms with Crippen molar-refractivity contribution in [1.29, 1.82) is 0 Å². The molecule has 3 rings (SSSR count). The maximum Gasteiger partial charge on any atom is 0.244 e. The molecule has 1 heterocycles. The van der Waals surface area contributed by atoms with E-state index in [0.29, 0.717) is 12.2 Å². The zero-order chi connectivity index (χ0) is 13.4. The molecule has 0 atom stereocenters. The van der Waals surface area contributed by atoms with Crippen molar-refractivity contribution in [2.45, 2.75) is 0 Å². The molecule has 2 aromatic rings. The van der Waals surface area contributed by atoms with Crippen LogP contribution in [0.25, 0.3) is 0 Å². The lowest BCUT2D eigenvalue weighted by Crippen LogP contribution is -2.34. The van der Waals surface area contributed by atoms with Crippen LogP contribution in [0.1, 0.15) is 0 Å². The summed E-state index contributed by atoms with van der Waals surface area (Å²) in [4.78, 5) is 13.8. The molecule has 1 aliphatic heterocycles. The number of amides is 1. The average molecular weight is 318 g/mol. The van der Waals surface area contributed by atoms with Crippen LogP contribution in [0.2, 0.25) is 0 Å². The molecule has 0 saturated carbocycles. The molecule has 96 valence electrons.